The molecule has 8 heteroatoms. The van der Waals surface area contributed by atoms with Crippen molar-refractivity contribution in [3.8, 4) is 11.4 Å². The van der Waals surface area contributed by atoms with Crippen molar-refractivity contribution in [2.45, 2.75) is 64.6 Å². The van der Waals surface area contributed by atoms with Crippen molar-refractivity contribution in [3.05, 3.63) is 29.8 Å². The predicted octanol–water partition coefficient (Wildman–Crippen LogP) is 4.16. The lowest BCUT2D eigenvalue weighted by atomic mass is 9.87. The molecule has 0 aliphatic carbocycles. The van der Waals surface area contributed by atoms with E-state index in [4.69, 9.17) is 4.74 Å². The number of thioether (sulfide) groups is 1. The molecule has 0 unspecified atom stereocenters. The van der Waals surface area contributed by atoms with Gasteiger partial charge in [-0.25, -0.2) is 0 Å². The van der Waals surface area contributed by atoms with Crippen LogP contribution in [0.15, 0.2) is 29.4 Å². The van der Waals surface area contributed by atoms with Crippen LogP contribution in [0.2, 0.25) is 0 Å². The molecule has 1 aliphatic rings. The Morgan fingerprint density at radius 2 is 1.75 bits per heavy atom. The quantitative estimate of drug-likeness (QED) is 0.458. The van der Waals surface area contributed by atoms with Crippen LogP contribution in [-0.2, 0) is 26.3 Å². The zero-order valence-electron chi connectivity index (χ0n) is 19.8. The van der Waals surface area contributed by atoms with Gasteiger partial charge < -0.3 is 14.2 Å². The van der Waals surface area contributed by atoms with Crippen LogP contribution >= 0.6 is 11.8 Å². The average Bonchev–Trinajstić information content (AvgIpc) is 3.20. The van der Waals surface area contributed by atoms with Gasteiger partial charge in [0.2, 0.25) is 5.91 Å². The van der Waals surface area contributed by atoms with E-state index in [9.17, 15) is 9.59 Å². The van der Waals surface area contributed by atoms with Gasteiger partial charge >= 0.3 is 5.97 Å². The van der Waals surface area contributed by atoms with E-state index in [1.807, 2.05) is 11.8 Å². The van der Waals surface area contributed by atoms with Crippen molar-refractivity contribution in [2.24, 2.45) is 5.92 Å². The molecule has 0 saturated carbocycles. The van der Waals surface area contributed by atoms with Crippen molar-refractivity contribution >= 4 is 23.6 Å². The molecule has 2 heterocycles. The van der Waals surface area contributed by atoms with Crippen LogP contribution in [0.1, 0.15) is 53.0 Å². The number of nitrogens with zero attached hydrogens (tertiary/aromatic N) is 4. The lowest BCUT2D eigenvalue weighted by Gasteiger charge is -2.30. The van der Waals surface area contributed by atoms with E-state index in [1.54, 1.807) is 0 Å². The molecule has 0 radical (unpaired) electrons. The monoisotopic (exact) mass is 458 g/mol. The van der Waals surface area contributed by atoms with Crippen LogP contribution in [-0.4, -0.2) is 57.0 Å². The Morgan fingerprint density at radius 3 is 2.31 bits per heavy atom. The van der Waals surface area contributed by atoms with Gasteiger partial charge in [-0.15, -0.1) is 10.2 Å². The second kappa shape index (κ2) is 10.5. The summed E-state index contributed by atoms with van der Waals surface area (Å²) in [6.07, 6.45) is 1.32. The fraction of sp³-hybridized carbons (Fsp3) is 0.583. The van der Waals surface area contributed by atoms with Crippen LogP contribution in [0.3, 0.4) is 0 Å². The molecule has 0 spiro atoms. The molecule has 1 aromatic heterocycles. The number of hydrogen-bond donors (Lipinski definition) is 0. The summed E-state index contributed by atoms with van der Waals surface area (Å²) in [5.41, 5.74) is 2.39. The lowest BCUT2D eigenvalue weighted by Crippen LogP contribution is -2.41. The summed E-state index contributed by atoms with van der Waals surface area (Å²) in [4.78, 5) is 26.4. The Bertz CT molecular complexity index is 926. The molecule has 3 rings (SSSR count). The third-order valence-corrected chi connectivity index (χ3v) is 6.79. The minimum atomic E-state index is -0.145. The predicted molar refractivity (Wildman–Crippen MR) is 126 cm³/mol. The molecule has 0 N–H and O–H groups in total. The van der Waals surface area contributed by atoms with E-state index >= 15 is 0 Å². The van der Waals surface area contributed by atoms with Crippen molar-refractivity contribution in [1.29, 1.82) is 0 Å². The van der Waals surface area contributed by atoms with Crippen molar-refractivity contribution in [2.75, 3.05) is 25.4 Å². The van der Waals surface area contributed by atoms with Crippen LogP contribution in [0.4, 0.5) is 0 Å². The lowest BCUT2D eigenvalue weighted by molar-refractivity contribution is -0.151. The summed E-state index contributed by atoms with van der Waals surface area (Å²) < 4.78 is 7.16. The molecule has 1 aromatic carbocycles. The molecule has 2 aromatic rings. The third-order valence-electron chi connectivity index (χ3n) is 5.83. The Morgan fingerprint density at radius 1 is 1.09 bits per heavy atom. The molecular weight excluding hydrogens is 424 g/mol. The van der Waals surface area contributed by atoms with Gasteiger partial charge in [-0.3, -0.25) is 9.59 Å². The number of esters is 1. The van der Waals surface area contributed by atoms with Crippen molar-refractivity contribution in [3.63, 3.8) is 0 Å². The highest BCUT2D eigenvalue weighted by molar-refractivity contribution is 7.99. The summed E-state index contributed by atoms with van der Waals surface area (Å²) in [6.45, 7) is 12.8. The van der Waals surface area contributed by atoms with Gasteiger partial charge in [0, 0.05) is 25.2 Å². The Kier molecular flexibility index (Phi) is 7.98. The number of aromatic nitrogens is 3. The van der Waals surface area contributed by atoms with E-state index in [1.165, 1.54) is 17.3 Å². The smallest absolute Gasteiger partial charge is 0.309 e. The second-order valence-corrected chi connectivity index (χ2v) is 10.0. The molecule has 7 nitrogen and oxygen atoms in total. The molecule has 1 saturated heterocycles. The van der Waals surface area contributed by atoms with E-state index in [-0.39, 0.29) is 23.2 Å². The van der Waals surface area contributed by atoms with Crippen LogP contribution < -0.4 is 0 Å². The highest BCUT2D eigenvalue weighted by Gasteiger charge is 2.28. The second-order valence-electron chi connectivity index (χ2n) is 9.07. The summed E-state index contributed by atoms with van der Waals surface area (Å²) in [6, 6.07) is 8.45. The maximum atomic E-state index is 12.7. The van der Waals surface area contributed by atoms with Crippen LogP contribution in [0.25, 0.3) is 11.4 Å². The molecule has 32 heavy (non-hydrogen) atoms. The number of likely N-dealkylation sites (tertiary alicyclic amines) is 1. The molecule has 1 aliphatic heterocycles. The first-order chi connectivity index (χ1) is 15.2. The molecule has 0 atom stereocenters. The minimum absolute atomic E-state index is 0.0686. The number of rotatable bonds is 7. The van der Waals surface area contributed by atoms with Gasteiger partial charge in [0.1, 0.15) is 0 Å². The maximum Gasteiger partial charge on any atom is 0.309 e. The van der Waals surface area contributed by atoms with E-state index in [0.717, 1.165) is 23.1 Å². The Balaban J connectivity index is 1.60. The van der Waals surface area contributed by atoms with Gasteiger partial charge in [-0.1, -0.05) is 56.8 Å². The summed E-state index contributed by atoms with van der Waals surface area (Å²) in [7, 11) is 0. The maximum absolute atomic E-state index is 12.7. The standard InChI is InChI=1S/C24H34N4O3S/c1-6-28-21(17-8-10-19(11-9-17)24(3,4)5)25-26-23(28)32-16-20(29)27-14-12-18(13-15-27)22(30)31-7-2/h8-11,18H,6-7,12-16H2,1-5H3. The number of carbonyl (C=O) groups is 2. The molecule has 174 valence electrons. The summed E-state index contributed by atoms with van der Waals surface area (Å²) in [5, 5.41) is 9.50. The highest BCUT2D eigenvalue weighted by atomic mass is 32.2. The van der Waals surface area contributed by atoms with Gasteiger partial charge in [-0.05, 0) is 37.7 Å². The average molecular weight is 459 g/mol. The number of carbonyl (C=O) groups excluding carboxylic acids is 2. The number of ether oxygens (including phenoxy) is 1. The Hall–Kier alpha value is -2.35. The molecular formula is C24H34N4O3S. The first-order valence-electron chi connectivity index (χ1n) is 11.4. The number of piperidine rings is 1. The van der Waals surface area contributed by atoms with E-state index in [0.29, 0.717) is 38.3 Å². The van der Waals surface area contributed by atoms with Gasteiger partial charge in [0.25, 0.3) is 0 Å². The normalized spacial score (nSPS) is 15.1. The number of benzene rings is 1. The van der Waals surface area contributed by atoms with Crippen molar-refractivity contribution in [1.82, 2.24) is 19.7 Å². The zero-order chi connectivity index (χ0) is 23.3. The summed E-state index contributed by atoms with van der Waals surface area (Å²) in [5.74, 6) is 0.956. The fourth-order valence-corrected chi connectivity index (χ4v) is 4.76. The SMILES string of the molecule is CCOC(=O)C1CCN(C(=O)CSc2nnc(-c3ccc(C(C)(C)C)cc3)n2CC)CC1. The highest BCUT2D eigenvalue weighted by Crippen LogP contribution is 2.28. The fourth-order valence-electron chi connectivity index (χ4n) is 3.86. The zero-order valence-corrected chi connectivity index (χ0v) is 20.6. The van der Waals surface area contributed by atoms with E-state index < -0.39 is 0 Å². The van der Waals surface area contributed by atoms with Gasteiger partial charge in [0.05, 0.1) is 18.3 Å². The molecule has 0 bridgehead atoms. The van der Waals surface area contributed by atoms with Gasteiger partial charge in [0.15, 0.2) is 11.0 Å². The largest absolute Gasteiger partial charge is 0.466 e. The van der Waals surface area contributed by atoms with E-state index in [2.05, 4.69) is 66.7 Å². The first-order valence-corrected chi connectivity index (χ1v) is 12.3. The Labute approximate surface area is 194 Å². The number of amides is 1. The first kappa shape index (κ1) is 24.3. The number of hydrogen-bond acceptors (Lipinski definition) is 6. The van der Waals surface area contributed by atoms with Crippen molar-refractivity contribution < 1.29 is 14.3 Å². The van der Waals surface area contributed by atoms with Crippen LogP contribution in [0, 0.1) is 5.92 Å². The topological polar surface area (TPSA) is 77.3 Å². The molecule has 1 fully saturated rings. The third kappa shape index (κ3) is 5.71. The van der Waals surface area contributed by atoms with Gasteiger partial charge in [-0.2, -0.15) is 0 Å². The minimum Gasteiger partial charge on any atom is -0.466 e. The molecule has 1 amide bonds. The summed E-state index contributed by atoms with van der Waals surface area (Å²) >= 11 is 1.42. The van der Waals surface area contributed by atoms with Crippen LogP contribution in [0.5, 0.6) is 0 Å².